The summed E-state index contributed by atoms with van der Waals surface area (Å²) in [6.07, 6.45) is 6.15. The van der Waals surface area contributed by atoms with Gasteiger partial charge in [0, 0.05) is 25.0 Å². The van der Waals surface area contributed by atoms with E-state index in [1.807, 2.05) is 24.5 Å². The van der Waals surface area contributed by atoms with E-state index in [0.717, 1.165) is 43.9 Å². The molecule has 5 nitrogen and oxygen atoms in total. The van der Waals surface area contributed by atoms with Gasteiger partial charge in [-0.05, 0) is 56.8 Å². The van der Waals surface area contributed by atoms with Gasteiger partial charge in [0.2, 0.25) is 0 Å². The van der Waals surface area contributed by atoms with Gasteiger partial charge >= 0.3 is 5.97 Å². The van der Waals surface area contributed by atoms with Gasteiger partial charge in [0.25, 0.3) is 0 Å². The number of aromatic carboxylic acids is 1. The van der Waals surface area contributed by atoms with Crippen molar-refractivity contribution in [3.8, 4) is 0 Å². The van der Waals surface area contributed by atoms with Gasteiger partial charge in [0.1, 0.15) is 5.82 Å². The van der Waals surface area contributed by atoms with Crippen molar-refractivity contribution in [1.29, 1.82) is 0 Å². The smallest absolute Gasteiger partial charge is 0.335 e. The summed E-state index contributed by atoms with van der Waals surface area (Å²) in [5, 5.41) is 9.19. The van der Waals surface area contributed by atoms with E-state index in [9.17, 15) is 9.90 Å². The number of hydrogen-bond donors (Lipinski definition) is 1. The molecule has 3 rings (SSSR count). The summed E-state index contributed by atoms with van der Waals surface area (Å²) < 4.78 is 2.22. The molecular weight excluding hydrogens is 302 g/mol. The van der Waals surface area contributed by atoms with E-state index >= 15 is 0 Å². The maximum atomic E-state index is 11.2. The van der Waals surface area contributed by atoms with Crippen molar-refractivity contribution in [3.63, 3.8) is 0 Å². The van der Waals surface area contributed by atoms with Gasteiger partial charge in [-0.3, -0.25) is 4.90 Å². The molecule has 0 bridgehead atoms. The molecule has 0 radical (unpaired) electrons. The van der Waals surface area contributed by atoms with Crippen LogP contribution < -0.4 is 0 Å². The Labute approximate surface area is 142 Å². The molecule has 0 amide bonds. The summed E-state index contributed by atoms with van der Waals surface area (Å²) in [5.41, 5.74) is 1.51. The minimum absolute atomic E-state index is 0.375. The number of carbonyl (C=O) groups is 1. The van der Waals surface area contributed by atoms with Crippen LogP contribution in [0.4, 0.5) is 0 Å². The van der Waals surface area contributed by atoms with Gasteiger partial charge in [-0.15, -0.1) is 0 Å². The van der Waals surface area contributed by atoms with E-state index in [0.29, 0.717) is 17.5 Å². The van der Waals surface area contributed by atoms with E-state index in [-0.39, 0.29) is 0 Å². The normalized spacial score (nSPS) is 18.9. The molecule has 0 spiro atoms. The minimum Gasteiger partial charge on any atom is -0.478 e. The fourth-order valence-electron chi connectivity index (χ4n) is 3.53. The zero-order chi connectivity index (χ0) is 17.1. The van der Waals surface area contributed by atoms with Crippen LogP contribution in [0.5, 0.6) is 0 Å². The first kappa shape index (κ1) is 16.7. The standard InChI is InChI=1S/C19H25N3O2/c1-14(2)22-10-8-20-18(22)13-21-9-4-7-17(12-21)15-5-3-6-16(11-15)19(23)24/h3,5-6,8,10-11,14,17H,4,7,9,12-13H2,1-2H3,(H,23,24). The molecule has 0 aliphatic carbocycles. The lowest BCUT2D eigenvalue weighted by molar-refractivity contribution is 0.0696. The highest BCUT2D eigenvalue weighted by atomic mass is 16.4. The predicted molar refractivity (Wildman–Crippen MR) is 93.3 cm³/mol. The first-order chi connectivity index (χ1) is 11.5. The molecule has 1 fully saturated rings. The summed E-state index contributed by atoms with van der Waals surface area (Å²) in [7, 11) is 0. The van der Waals surface area contributed by atoms with Gasteiger partial charge in [-0.2, -0.15) is 0 Å². The van der Waals surface area contributed by atoms with Crippen molar-refractivity contribution in [3.05, 3.63) is 53.6 Å². The maximum Gasteiger partial charge on any atom is 0.335 e. The average molecular weight is 327 g/mol. The third-order valence-electron chi connectivity index (χ3n) is 4.78. The molecule has 0 saturated carbocycles. The van der Waals surface area contributed by atoms with Crippen LogP contribution in [0.3, 0.4) is 0 Å². The molecule has 1 aliphatic heterocycles. The van der Waals surface area contributed by atoms with Crippen molar-refractivity contribution in [2.24, 2.45) is 0 Å². The highest BCUT2D eigenvalue weighted by Crippen LogP contribution is 2.28. The van der Waals surface area contributed by atoms with Crippen LogP contribution in [0.1, 0.15) is 60.4 Å². The molecule has 1 saturated heterocycles. The van der Waals surface area contributed by atoms with Crippen molar-refractivity contribution in [2.45, 2.75) is 45.2 Å². The van der Waals surface area contributed by atoms with Gasteiger partial charge in [-0.25, -0.2) is 9.78 Å². The lowest BCUT2D eigenvalue weighted by atomic mass is 9.89. The second-order valence-electron chi connectivity index (χ2n) is 6.85. The lowest BCUT2D eigenvalue weighted by Gasteiger charge is -2.33. The van der Waals surface area contributed by atoms with E-state index in [1.165, 1.54) is 0 Å². The Kier molecular flexibility index (Phi) is 5.00. The molecule has 1 aromatic carbocycles. The number of nitrogens with zero attached hydrogens (tertiary/aromatic N) is 3. The van der Waals surface area contributed by atoms with Crippen LogP contribution in [-0.2, 0) is 6.54 Å². The fraction of sp³-hybridized carbons (Fsp3) is 0.474. The van der Waals surface area contributed by atoms with E-state index in [4.69, 9.17) is 0 Å². The topological polar surface area (TPSA) is 58.4 Å². The molecule has 1 aromatic heterocycles. The number of likely N-dealkylation sites (tertiary alicyclic amines) is 1. The highest BCUT2D eigenvalue weighted by Gasteiger charge is 2.23. The number of hydrogen-bond acceptors (Lipinski definition) is 3. The molecule has 1 unspecified atom stereocenters. The van der Waals surface area contributed by atoms with E-state index in [2.05, 4.69) is 34.4 Å². The summed E-state index contributed by atoms with van der Waals surface area (Å²) in [4.78, 5) is 18.1. The number of benzene rings is 1. The van der Waals surface area contributed by atoms with Crippen LogP contribution in [0.25, 0.3) is 0 Å². The van der Waals surface area contributed by atoms with Crippen molar-refractivity contribution < 1.29 is 9.90 Å². The Balaban J connectivity index is 1.71. The molecule has 2 heterocycles. The van der Waals surface area contributed by atoms with Crippen molar-refractivity contribution >= 4 is 5.97 Å². The summed E-state index contributed by atoms with van der Waals surface area (Å²) in [6, 6.07) is 7.80. The van der Waals surface area contributed by atoms with Crippen LogP contribution in [0, 0.1) is 0 Å². The van der Waals surface area contributed by atoms with Crippen LogP contribution in [-0.4, -0.2) is 38.6 Å². The second kappa shape index (κ2) is 7.18. The zero-order valence-corrected chi connectivity index (χ0v) is 14.4. The number of aromatic nitrogens is 2. The number of imidazole rings is 1. The van der Waals surface area contributed by atoms with E-state index in [1.54, 1.807) is 6.07 Å². The second-order valence-corrected chi connectivity index (χ2v) is 6.85. The summed E-state index contributed by atoms with van der Waals surface area (Å²) in [6.45, 7) is 7.21. The third kappa shape index (κ3) is 3.67. The molecule has 2 aromatic rings. The Morgan fingerprint density at radius 3 is 3.00 bits per heavy atom. The van der Waals surface area contributed by atoms with Gasteiger partial charge in [-0.1, -0.05) is 12.1 Å². The van der Waals surface area contributed by atoms with Gasteiger partial charge in [0.15, 0.2) is 0 Å². The molecule has 1 atom stereocenters. The zero-order valence-electron chi connectivity index (χ0n) is 14.4. The maximum absolute atomic E-state index is 11.2. The molecule has 128 valence electrons. The first-order valence-corrected chi connectivity index (χ1v) is 8.62. The summed E-state index contributed by atoms with van der Waals surface area (Å²) >= 11 is 0. The minimum atomic E-state index is -0.858. The quantitative estimate of drug-likeness (QED) is 0.912. The molecular formula is C19H25N3O2. The average Bonchev–Trinajstić information content (AvgIpc) is 3.03. The van der Waals surface area contributed by atoms with Gasteiger partial charge in [0.05, 0.1) is 12.1 Å². The first-order valence-electron chi connectivity index (χ1n) is 8.62. The number of carboxylic acids is 1. The molecule has 1 N–H and O–H groups in total. The molecule has 5 heteroatoms. The van der Waals surface area contributed by atoms with Crippen LogP contribution in [0.15, 0.2) is 36.7 Å². The van der Waals surface area contributed by atoms with E-state index < -0.39 is 5.97 Å². The van der Waals surface area contributed by atoms with Crippen LogP contribution in [0.2, 0.25) is 0 Å². The summed E-state index contributed by atoms with van der Waals surface area (Å²) in [5.74, 6) is 0.633. The molecule has 1 aliphatic rings. The van der Waals surface area contributed by atoms with Crippen molar-refractivity contribution in [1.82, 2.24) is 14.5 Å². The third-order valence-corrected chi connectivity index (χ3v) is 4.78. The predicted octanol–water partition coefficient (Wildman–Crippen LogP) is 3.54. The highest BCUT2D eigenvalue weighted by molar-refractivity contribution is 5.87. The monoisotopic (exact) mass is 327 g/mol. The fourth-order valence-corrected chi connectivity index (χ4v) is 3.53. The molecule has 24 heavy (non-hydrogen) atoms. The van der Waals surface area contributed by atoms with Crippen molar-refractivity contribution in [2.75, 3.05) is 13.1 Å². The number of piperidine rings is 1. The lowest BCUT2D eigenvalue weighted by Crippen LogP contribution is -2.34. The Morgan fingerprint density at radius 2 is 2.25 bits per heavy atom. The Morgan fingerprint density at radius 1 is 1.42 bits per heavy atom. The Hall–Kier alpha value is -2.14. The Bertz CT molecular complexity index is 708. The number of carboxylic acid groups (broad SMARTS) is 1. The largest absolute Gasteiger partial charge is 0.478 e. The number of rotatable bonds is 5. The van der Waals surface area contributed by atoms with Gasteiger partial charge < -0.3 is 9.67 Å². The van der Waals surface area contributed by atoms with Crippen LogP contribution >= 0.6 is 0 Å². The SMILES string of the molecule is CC(C)n1ccnc1CN1CCCC(c2cccc(C(=O)O)c2)C1.